The van der Waals surface area contributed by atoms with Crippen molar-refractivity contribution in [3.05, 3.63) is 58.7 Å². The van der Waals surface area contributed by atoms with Crippen molar-refractivity contribution < 1.29 is 27.5 Å². The standard InChI is InChI=1S/C23H16F3N3O3S/c24-23(25,26)18-10-15(4-3-13(18)11-27)28-20(31)22(7-1-2-8-22)29(21(28)33)16-5-6-17-14(9-16)12-32-19(17)30/h3-6,9-10H,1-2,7-8,12H2. The number of rotatable bonds is 2. The maximum Gasteiger partial charge on any atom is 0.417 e. The molecule has 2 aromatic carbocycles. The van der Waals surface area contributed by atoms with Crippen LogP contribution in [0.15, 0.2) is 36.4 Å². The van der Waals surface area contributed by atoms with Crippen molar-refractivity contribution in [2.75, 3.05) is 9.80 Å². The molecule has 0 aromatic heterocycles. The van der Waals surface area contributed by atoms with E-state index >= 15 is 0 Å². The van der Waals surface area contributed by atoms with Crippen molar-refractivity contribution in [3.8, 4) is 6.07 Å². The third-order valence-corrected chi connectivity index (χ3v) is 6.82. The number of alkyl halides is 3. The Kier molecular flexibility index (Phi) is 4.72. The zero-order chi connectivity index (χ0) is 23.5. The van der Waals surface area contributed by atoms with Crippen LogP contribution >= 0.6 is 12.2 Å². The lowest BCUT2D eigenvalue weighted by molar-refractivity contribution is -0.137. The molecule has 2 heterocycles. The molecule has 0 atom stereocenters. The number of thiocarbonyl (C=S) groups is 1. The minimum atomic E-state index is -4.76. The molecule has 168 valence electrons. The molecule has 33 heavy (non-hydrogen) atoms. The van der Waals surface area contributed by atoms with Crippen LogP contribution in [0.4, 0.5) is 24.5 Å². The molecule has 6 nitrogen and oxygen atoms in total. The Hall–Kier alpha value is -3.45. The fraction of sp³-hybridized carbons (Fsp3) is 0.304. The number of nitriles is 1. The molecule has 1 amide bonds. The van der Waals surface area contributed by atoms with E-state index in [1.165, 1.54) is 6.07 Å². The summed E-state index contributed by atoms with van der Waals surface area (Å²) in [5.41, 5.74) is -1.01. The Bertz CT molecular complexity index is 1260. The number of cyclic esters (lactones) is 1. The Labute approximate surface area is 192 Å². The summed E-state index contributed by atoms with van der Waals surface area (Å²) in [5, 5.41) is 9.16. The summed E-state index contributed by atoms with van der Waals surface area (Å²) >= 11 is 5.65. The second kappa shape index (κ2) is 7.28. The average molecular weight is 471 g/mol. The van der Waals surface area contributed by atoms with Gasteiger partial charge < -0.3 is 9.64 Å². The minimum absolute atomic E-state index is 0.0372. The highest BCUT2D eigenvalue weighted by atomic mass is 32.1. The van der Waals surface area contributed by atoms with Crippen molar-refractivity contribution in [3.63, 3.8) is 0 Å². The topological polar surface area (TPSA) is 73.6 Å². The molecule has 1 saturated heterocycles. The van der Waals surface area contributed by atoms with Crippen molar-refractivity contribution >= 4 is 40.6 Å². The van der Waals surface area contributed by atoms with E-state index < -0.39 is 34.7 Å². The Morgan fingerprint density at radius 3 is 2.42 bits per heavy atom. The van der Waals surface area contributed by atoms with Gasteiger partial charge in [-0.15, -0.1) is 0 Å². The van der Waals surface area contributed by atoms with Gasteiger partial charge in [-0.25, -0.2) is 4.79 Å². The molecule has 1 saturated carbocycles. The first kappa shape index (κ1) is 21.4. The number of nitrogens with zero attached hydrogens (tertiary/aromatic N) is 3. The van der Waals surface area contributed by atoms with Crippen molar-refractivity contribution in [2.24, 2.45) is 0 Å². The number of anilines is 2. The van der Waals surface area contributed by atoms with Crippen LogP contribution in [0.25, 0.3) is 0 Å². The van der Waals surface area contributed by atoms with Crippen molar-refractivity contribution in [1.29, 1.82) is 5.26 Å². The predicted octanol–water partition coefficient (Wildman–Crippen LogP) is 4.70. The molecule has 5 rings (SSSR count). The monoisotopic (exact) mass is 471 g/mol. The Morgan fingerprint density at radius 1 is 1.06 bits per heavy atom. The number of carbonyl (C=O) groups is 2. The van der Waals surface area contributed by atoms with Gasteiger partial charge in [-0.3, -0.25) is 9.69 Å². The van der Waals surface area contributed by atoms with E-state index in [2.05, 4.69) is 0 Å². The molecule has 2 fully saturated rings. The maximum atomic E-state index is 13.7. The molecule has 0 radical (unpaired) electrons. The molecule has 2 aromatic rings. The number of ether oxygens (including phenoxy) is 1. The van der Waals surface area contributed by atoms with E-state index in [4.69, 9.17) is 22.2 Å². The van der Waals surface area contributed by atoms with Crippen LogP contribution < -0.4 is 9.80 Å². The second-order valence-corrected chi connectivity index (χ2v) is 8.62. The smallest absolute Gasteiger partial charge is 0.417 e. The van der Waals surface area contributed by atoms with E-state index in [0.29, 0.717) is 29.7 Å². The van der Waals surface area contributed by atoms with Gasteiger partial charge in [0.05, 0.1) is 28.4 Å². The number of hydrogen-bond donors (Lipinski definition) is 0. The first-order valence-electron chi connectivity index (χ1n) is 10.3. The van der Waals surface area contributed by atoms with Gasteiger partial charge in [0.2, 0.25) is 0 Å². The van der Waals surface area contributed by atoms with Crippen molar-refractivity contribution in [2.45, 2.75) is 44.0 Å². The largest absolute Gasteiger partial charge is 0.457 e. The van der Waals surface area contributed by atoms with E-state index in [-0.39, 0.29) is 17.4 Å². The van der Waals surface area contributed by atoms with E-state index in [1.54, 1.807) is 29.2 Å². The first-order valence-corrected chi connectivity index (χ1v) is 10.7. The minimum Gasteiger partial charge on any atom is -0.457 e. The van der Waals surface area contributed by atoms with Crippen LogP contribution in [0.5, 0.6) is 0 Å². The summed E-state index contributed by atoms with van der Waals surface area (Å²) < 4.78 is 45.7. The lowest BCUT2D eigenvalue weighted by Crippen LogP contribution is -2.47. The molecule has 0 N–H and O–H groups in total. The summed E-state index contributed by atoms with van der Waals surface area (Å²) in [6.07, 6.45) is -2.23. The highest BCUT2D eigenvalue weighted by Crippen LogP contribution is 2.47. The summed E-state index contributed by atoms with van der Waals surface area (Å²) in [6, 6.07) is 9.73. The van der Waals surface area contributed by atoms with Gasteiger partial charge in [-0.1, -0.05) is 12.8 Å². The van der Waals surface area contributed by atoms with Crippen LogP contribution in [-0.2, 0) is 22.3 Å². The molecule has 3 aliphatic rings. The van der Waals surface area contributed by atoms with E-state index in [9.17, 15) is 22.8 Å². The lowest BCUT2D eigenvalue weighted by Gasteiger charge is -2.32. The number of fused-ring (bicyclic) bond motifs is 1. The number of amides is 1. The van der Waals surface area contributed by atoms with Gasteiger partial charge in [-0.2, -0.15) is 18.4 Å². The van der Waals surface area contributed by atoms with Crippen LogP contribution in [-0.4, -0.2) is 22.5 Å². The molecule has 1 aliphatic carbocycles. The fourth-order valence-electron chi connectivity index (χ4n) is 4.92. The van der Waals surface area contributed by atoms with E-state index in [0.717, 1.165) is 29.9 Å². The summed E-state index contributed by atoms with van der Waals surface area (Å²) in [6.45, 7) is 0.109. The Balaban J connectivity index is 1.63. The third kappa shape index (κ3) is 3.10. The zero-order valence-electron chi connectivity index (χ0n) is 17.1. The Morgan fingerprint density at radius 2 is 1.76 bits per heavy atom. The van der Waals surface area contributed by atoms with Crippen LogP contribution in [0.3, 0.4) is 0 Å². The highest BCUT2D eigenvalue weighted by Gasteiger charge is 2.57. The van der Waals surface area contributed by atoms with Gasteiger partial charge in [0.1, 0.15) is 12.1 Å². The molecule has 0 bridgehead atoms. The van der Waals surface area contributed by atoms with Gasteiger partial charge in [0.15, 0.2) is 5.11 Å². The molecule has 10 heteroatoms. The zero-order valence-corrected chi connectivity index (χ0v) is 17.9. The van der Waals surface area contributed by atoms with Gasteiger partial charge in [0.25, 0.3) is 5.91 Å². The molecule has 0 unspecified atom stereocenters. The molecule has 1 spiro atoms. The molecule has 2 aliphatic heterocycles. The number of benzene rings is 2. The lowest BCUT2D eigenvalue weighted by atomic mass is 9.94. The normalized spacial score (nSPS) is 19.3. The van der Waals surface area contributed by atoms with Crippen molar-refractivity contribution in [1.82, 2.24) is 0 Å². The number of carbonyl (C=O) groups excluding carboxylic acids is 2. The highest BCUT2D eigenvalue weighted by molar-refractivity contribution is 7.81. The average Bonchev–Trinajstić information content (AvgIpc) is 3.46. The first-order chi connectivity index (χ1) is 15.7. The number of esters is 1. The maximum absolute atomic E-state index is 13.7. The second-order valence-electron chi connectivity index (χ2n) is 8.25. The van der Waals surface area contributed by atoms with E-state index in [1.807, 2.05) is 0 Å². The number of halogens is 3. The molecular formula is C23H16F3N3O3S. The summed E-state index contributed by atoms with van der Waals surface area (Å²) in [5.74, 6) is -0.818. The van der Waals surface area contributed by atoms with Crippen LogP contribution in [0.1, 0.15) is 52.7 Å². The van der Waals surface area contributed by atoms with Gasteiger partial charge in [0, 0.05) is 11.3 Å². The van der Waals surface area contributed by atoms with Gasteiger partial charge >= 0.3 is 12.1 Å². The number of hydrogen-bond acceptors (Lipinski definition) is 5. The predicted molar refractivity (Wildman–Crippen MR) is 115 cm³/mol. The third-order valence-electron chi connectivity index (χ3n) is 6.46. The quantitative estimate of drug-likeness (QED) is 0.467. The molecular weight excluding hydrogens is 455 g/mol. The SMILES string of the molecule is N#Cc1ccc(N2C(=O)C3(CCCC3)N(c3ccc4c(c3)COC4=O)C2=S)cc1C(F)(F)F. The van der Waals surface area contributed by atoms with Gasteiger partial charge in [-0.05, 0) is 61.5 Å². The van der Waals surface area contributed by atoms with Crippen LogP contribution in [0, 0.1) is 11.3 Å². The fourth-order valence-corrected chi connectivity index (χ4v) is 5.39. The summed E-state index contributed by atoms with van der Waals surface area (Å²) in [4.78, 5) is 28.4. The summed E-state index contributed by atoms with van der Waals surface area (Å²) in [7, 11) is 0. The van der Waals surface area contributed by atoms with Crippen LogP contribution in [0.2, 0.25) is 0 Å².